The van der Waals surface area contributed by atoms with Crippen molar-refractivity contribution in [2.24, 2.45) is 5.92 Å². The second kappa shape index (κ2) is 5.94. The van der Waals surface area contributed by atoms with Gasteiger partial charge < -0.3 is 5.11 Å². The van der Waals surface area contributed by atoms with Crippen LogP contribution in [-0.2, 0) is 19.1 Å². The molecule has 1 aliphatic carbocycles. The highest BCUT2D eigenvalue weighted by Crippen LogP contribution is 2.36. The molecule has 0 saturated heterocycles. The number of hydrogen-bond donors (Lipinski definition) is 1. The number of benzene rings is 1. The van der Waals surface area contributed by atoms with Crippen molar-refractivity contribution in [1.29, 1.82) is 0 Å². The second-order valence-corrected chi connectivity index (χ2v) is 6.51. The molecular weight excluding hydrogens is 326 g/mol. The lowest BCUT2D eigenvalue weighted by molar-refractivity contribution is -0.605. The van der Waals surface area contributed by atoms with Crippen LogP contribution in [0.1, 0.15) is 5.56 Å². The average molecular weight is 339 g/mol. The molecule has 1 N–H and O–H groups in total. The first-order valence-electron chi connectivity index (χ1n) is 6.40. The van der Waals surface area contributed by atoms with E-state index in [0.717, 1.165) is 12.2 Å². The van der Waals surface area contributed by atoms with Gasteiger partial charge in [-0.2, -0.15) is 12.6 Å². The van der Waals surface area contributed by atoms with Crippen LogP contribution in [0.15, 0.2) is 48.6 Å². The topological polar surface area (TPSA) is 124 Å². The molecule has 0 aliphatic heterocycles. The quantitative estimate of drug-likeness (QED) is 0.371. The molecule has 8 nitrogen and oxygen atoms in total. The van der Waals surface area contributed by atoms with Crippen molar-refractivity contribution >= 4 is 21.7 Å². The highest BCUT2D eigenvalue weighted by molar-refractivity contribution is 7.86. The van der Waals surface area contributed by atoms with Crippen molar-refractivity contribution in [2.45, 2.75) is 5.72 Å². The van der Waals surface area contributed by atoms with Gasteiger partial charge in [0.1, 0.15) is 0 Å². The SMILES string of the molecule is CS(=O)(=O)OC1([N+](=O)[O-])C=CC(c2ccccc2)=CC1C(=O)O. The van der Waals surface area contributed by atoms with Gasteiger partial charge in [-0.25, -0.2) is 0 Å². The zero-order chi connectivity index (χ0) is 17.3. The minimum Gasteiger partial charge on any atom is -0.481 e. The van der Waals surface area contributed by atoms with Gasteiger partial charge in [0.25, 0.3) is 10.1 Å². The lowest BCUT2D eigenvalue weighted by atomic mass is 9.86. The summed E-state index contributed by atoms with van der Waals surface area (Å²) >= 11 is 0. The molecule has 0 fully saturated rings. The maximum atomic E-state index is 11.5. The molecule has 0 amide bonds. The molecular formula is C14H13NO7S. The van der Waals surface area contributed by atoms with Gasteiger partial charge in [0.05, 0.1) is 11.2 Å². The Kier molecular flexibility index (Phi) is 4.35. The van der Waals surface area contributed by atoms with Crippen molar-refractivity contribution in [1.82, 2.24) is 0 Å². The molecule has 2 unspecified atom stereocenters. The number of rotatable bonds is 5. The van der Waals surface area contributed by atoms with Gasteiger partial charge in [0.15, 0.2) is 5.92 Å². The average Bonchev–Trinajstić information content (AvgIpc) is 2.46. The third-order valence-corrected chi connectivity index (χ3v) is 3.81. The van der Waals surface area contributed by atoms with Crippen LogP contribution < -0.4 is 0 Å². The maximum Gasteiger partial charge on any atom is 0.375 e. The van der Waals surface area contributed by atoms with Crippen LogP contribution in [0.25, 0.3) is 5.57 Å². The molecule has 2 rings (SSSR count). The lowest BCUT2D eigenvalue weighted by Crippen LogP contribution is -2.51. The molecule has 0 spiro atoms. The molecule has 23 heavy (non-hydrogen) atoms. The predicted molar refractivity (Wildman–Crippen MR) is 80.3 cm³/mol. The zero-order valence-corrected chi connectivity index (χ0v) is 12.8. The van der Waals surface area contributed by atoms with E-state index in [-0.39, 0.29) is 0 Å². The van der Waals surface area contributed by atoms with E-state index >= 15 is 0 Å². The van der Waals surface area contributed by atoms with E-state index < -0.39 is 32.7 Å². The number of carboxylic acids is 1. The molecule has 1 aliphatic rings. The van der Waals surface area contributed by atoms with Crippen LogP contribution in [-0.4, -0.2) is 36.4 Å². The van der Waals surface area contributed by atoms with E-state index in [4.69, 9.17) is 0 Å². The molecule has 0 radical (unpaired) electrons. The highest BCUT2D eigenvalue weighted by Gasteiger charge is 2.57. The highest BCUT2D eigenvalue weighted by atomic mass is 32.2. The number of carboxylic acid groups (broad SMARTS) is 1. The summed E-state index contributed by atoms with van der Waals surface area (Å²) in [4.78, 5) is 21.8. The fourth-order valence-corrected chi connectivity index (χ4v) is 2.97. The van der Waals surface area contributed by atoms with Gasteiger partial charge >= 0.3 is 11.7 Å². The molecule has 122 valence electrons. The normalized spacial score (nSPS) is 24.0. The molecule has 1 aromatic rings. The van der Waals surface area contributed by atoms with Crippen molar-refractivity contribution in [3.8, 4) is 0 Å². The zero-order valence-electron chi connectivity index (χ0n) is 11.9. The third-order valence-electron chi connectivity index (χ3n) is 3.24. The van der Waals surface area contributed by atoms with E-state index in [2.05, 4.69) is 4.18 Å². The lowest BCUT2D eigenvalue weighted by Gasteiger charge is -2.27. The molecule has 0 aromatic heterocycles. The summed E-state index contributed by atoms with van der Waals surface area (Å²) in [5, 5.41) is 20.7. The Labute approximate surface area is 132 Å². The molecule has 0 heterocycles. The Hall–Kier alpha value is -2.52. The van der Waals surface area contributed by atoms with Crippen LogP contribution >= 0.6 is 0 Å². The Morgan fingerprint density at radius 3 is 2.43 bits per heavy atom. The standard InChI is InChI=1S/C14H13NO7S/c1-23(20,21)22-14(15(18)19)8-7-11(9-12(14)13(16)17)10-5-3-2-4-6-10/h2-9,12H,1H3,(H,16,17). The van der Waals surface area contributed by atoms with Crippen LogP contribution in [0, 0.1) is 16.0 Å². The van der Waals surface area contributed by atoms with E-state index in [0.29, 0.717) is 17.4 Å². The first kappa shape index (κ1) is 16.8. The number of nitrogens with zero attached hydrogens (tertiary/aromatic N) is 1. The largest absolute Gasteiger partial charge is 0.481 e. The van der Waals surface area contributed by atoms with Crippen LogP contribution in [0.4, 0.5) is 0 Å². The Morgan fingerprint density at radius 1 is 1.35 bits per heavy atom. The van der Waals surface area contributed by atoms with Crippen LogP contribution in [0.2, 0.25) is 0 Å². The van der Waals surface area contributed by atoms with Gasteiger partial charge in [-0.05, 0) is 17.2 Å². The molecule has 0 bridgehead atoms. The van der Waals surface area contributed by atoms with Gasteiger partial charge in [-0.1, -0.05) is 36.4 Å². The van der Waals surface area contributed by atoms with Crippen molar-refractivity contribution < 1.29 is 27.4 Å². The minimum absolute atomic E-state index is 0.424. The smallest absolute Gasteiger partial charge is 0.375 e. The number of nitro groups is 1. The summed E-state index contributed by atoms with van der Waals surface area (Å²) in [7, 11) is -4.26. The van der Waals surface area contributed by atoms with Crippen molar-refractivity contribution in [3.05, 3.63) is 64.2 Å². The van der Waals surface area contributed by atoms with Gasteiger partial charge in [-0.3, -0.25) is 14.9 Å². The summed E-state index contributed by atoms with van der Waals surface area (Å²) in [6, 6.07) is 8.61. The summed E-state index contributed by atoms with van der Waals surface area (Å²) in [5.74, 6) is -3.37. The van der Waals surface area contributed by atoms with Gasteiger partial charge in [-0.15, -0.1) is 0 Å². The Balaban J connectivity index is 2.56. The van der Waals surface area contributed by atoms with Crippen molar-refractivity contribution in [2.75, 3.05) is 6.26 Å². The molecule has 2 atom stereocenters. The van der Waals surface area contributed by atoms with E-state index in [1.165, 1.54) is 6.08 Å². The van der Waals surface area contributed by atoms with Gasteiger partial charge in [0.2, 0.25) is 0 Å². The molecule has 9 heteroatoms. The van der Waals surface area contributed by atoms with Crippen LogP contribution in [0.3, 0.4) is 0 Å². The van der Waals surface area contributed by atoms with E-state index in [1.54, 1.807) is 30.3 Å². The molecule has 0 saturated carbocycles. The fourth-order valence-electron chi connectivity index (χ4n) is 2.27. The van der Waals surface area contributed by atoms with Crippen LogP contribution in [0.5, 0.6) is 0 Å². The third kappa shape index (κ3) is 3.46. The Bertz CT molecular complexity index is 798. The second-order valence-electron chi connectivity index (χ2n) is 4.93. The fraction of sp³-hybridized carbons (Fsp3) is 0.214. The number of allylic oxidation sites excluding steroid dienone is 2. The summed E-state index contributed by atoms with van der Waals surface area (Å²) in [6.07, 6.45) is 3.88. The first-order chi connectivity index (χ1) is 10.7. The first-order valence-corrected chi connectivity index (χ1v) is 8.22. The summed E-state index contributed by atoms with van der Waals surface area (Å²) < 4.78 is 27.3. The monoisotopic (exact) mass is 339 g/mol. The maximum absolute atomic E-state index is 11.5. The van der Waals surface area contributed by atoms with Gasteiger partial charge in [0, 0.05) is 6.08 Å². The minimum atomic E-state index is -4.26. The number of carbonyl (C=O) groups is 1. The Morgan fingerprint density at radius 2 is 1.96 bits per heavy atom. The number of hydrogen-bond acceptors (Lipinski definition) is 6. The van der Waals surface area contributed by atoms with E-state index in [1.807, 2.05) is 0 Å². The van der Waals surface area contributed by atoms with Crippen molar-refractivity contribution in [3.63, 3.8) is 0 Å². The summed E-state index contributed by atoms with van der Waals surface area (Å²) in [6.45, 7) is 0. The summed E-state index contributed by atoms with van der Waals surface area (Å²) in [5.41, 5.74) is -1.64. The predicted octanol–water partition coefficient (Wildman–Crippen LogP) is 1.29. The number of aliphatic carboxylic acids is 1. The van der Waals surface area contributed by atoms with E-state index in [9.17, 15) is 28.4 Å². The molecule has 1 aromatic carbocycles.